The molecule has 0 aliphatic carbocycles. The summed E-state index contributed by atoms with van der Waals surface area (Å²) in [6.45, 7) is 9.51. The number of nitrogens with zero attached hydrogens (tertiary/aromatic N) is 1. The van der Waals surface area contributed by atoms with Gasteiger partial charge in [-0.1, -0.05) is 24.3 Å². The van der Waals surface area contributed by atoms with Gasteiger partial charge in [0.1, 0.15) is 11.9 Å². The van der Waals surface area contributed by atoms with E-state index in [1.54, 1.807) is 0 Å². The summed E-state index contributed by atoms with van der Waals surface area (Å²) in [6.07, 6.45) is -0.00579. The fourth-order valence-electron chi connectivity index (χ4n) is 2.67. The highest BCUT2D eigenvalue weighted by Crippen LogP contribution is 2.14. The van der Waals surface area contributed by atoms with Crippen LogP contribution in [0.25, 0.3) is 0 Å². The standard InChI is InChI=1S/C22H30N4O2/c1-5-23-22(24-14-17(3)28-21-11-6-8-16(2)12-21)25-15-19-9-7-10-20(13-19)26-18(4)27/h6-13,17H,5,14-15H2,1-4H3,(H,26,27)(H2,23,24,25). The minimum absolute atomic E-state index is 0.00579. The van der Waals surface area contributed by atoms with Crippen molar-refractivity contribution >= 4 is 17.6 Å². The zero-order valence-electron chi connectivity index (χ0n) is 17.1. The summed E-state index contributed by atoms with van der Waals surface area (Å²) in [5.74, 6) is 1.51. The van der Waals surface area contributed by atoms with Crippen molar-refractivity contribution in [1.29, 1.82) is 0 Å². The van der Waals surface area contributed by atoms with E-state index in [9.17, 15) is 4.79 Å². The van der Waals surface area contributed by atoms with Crippen molar-refractivity contribution < 1.29 is 9.53 Å². The van der Waals surface area contributed by atoms with Gasteiger partial charge in [-0.3, -0.25) is 4.79 Å². The van der Waals surface area contributed by atoms with Crippen molar-refractivity contribution in [3.05, 3.63) is 59.7 Å². The lowest BCUT2D eigenvalue weighted by atomic mass is 10.2. The van der Waals surface area contributed by atoms with Gasteiger partial charge in [0.25, 0.3) is 0 Å². The number of carbonyl (C=O) groups excluding carboxylic acids is 1. The molecule has 2 rings (SSSR count). The van der Waals surface area contributed by atoms with Crippen LogP contribution in [0.15, 0.2) is 53.5 Å². The molecule has 0 saturated heterocycles. The molecule has 0 bridgehead atoms. The van der Waals surface area contributed by atoms with Crippen LogP contribution in [-0.2, 0) is 11.3 Å². The SMILES string of the molecule is CCNC(=NCc1cccc(NC(C)=O)c1)NCC(C)Oc1cccc(C)c1. The Kier molecular flexibility index (Phi) is 8.34. The van der Waals surface area contributed by atoms with E-state index in [2.05, 4.69) is 20.9 Å². The van der Waals surface area contributed by atoms with Crippen molar-refractivity contribution in [2.45, 2.75) is 40.3 Å². The molecule has 0 aliphatic heterocycles. The molecular weight excluding hydrogens is 352 g/mol. The average Bonchev–Trinajstić information content (AvgIpc) is 2.64. The van der Waals surface area contributed by atoms with Crippen molar-refractivity contribution in [3.8, 4) is 5.75 Å². The monoisotopic (exact) mass is 382 g/mol. The average molecular weight is 383 g/mol. The molecular formula is C22H30N4O2. The zero-order chi connectivity index (χ0) is 20.4. The second kappa shape index (κ2) is 11.0. The quantitative estimate of drug-likeness (QED) is 0.483. The van der Waals surface area contributed by atoms with Gasteiger partial charge in [-0.15, -0.1) is 0 Å². The van der Waals surface area contributed by atoms with E-state index in [0.29, 0.717) is 13.1 Å². The number of hydrogen-bond acceptors (Lipinski definition) is 3. The number of hydrogen-bond donors (Lipinski definition) is 3. The van der Waals surface area contributed by atoms with E-state index in [1.807, 2.05) is 69.3 Å². The van der Waals surface area contributed by atoms with Crippen molar-refractivity contribution in [1.82, 2.24) is 10.6 Å². The van der Waals surface area contributed by atoms with Crippen molar-refractivity contribution in [2.24, 2.45) is 4.99 Å². The zero-order valence-corrected chi connectivity index (χ0v) is 17.1. The molecule has 28 heavy (non-hydrogen) atoms. The Bertz CT molecular complexity index is 805. The van der Waals surface area contributed by atoms with Gasteiger partial charge in [-0.05, 0) is 56.2 Å². The molecule has 0 aliphatic rings. The normalized spacial score (nSPS) is 12.2. The van der Waals surface area contributed by atoms with Gasteiger partial charge in [0.15, 0.2) is 5.96 Å². The molecule has 1 unspecified atom stereocenters. The minimum atomic E-state index is -0.0849. The summed E-state index contributed by atoms with van der Waals surface area (Å²) in [7, 11) is 0. The maximum atomic E-state index is 11.2. The molecule has 0 aromatic heterocycles. The summed E-state index contributed by atoms with van der Waals surface area (Å²) in [5, 5.41) is 9.35. The number of benzene rings is 2. The molecule has 0 fully saturated rings. The van der Waals surface area contributed by atoms with Crippen LogP contribution >= 0.6 is 0 Å². The first-order valence-electron chi connectivity index (χ1n) is 9.58. The fourth-order valence-corrected chi connectivity index (χ4v) is 2.67. The number of aliphatic imine (C=N–C) groups is 1. The number of ether oxygens (including phenoxy) is 1. The molecule has 1 amide bonds. The molecule has 2 aromatic carbocycles. The second-order valence-electron chi connectivity index (χ2n) is 6.70. The van der Waals surface area contributed by atoms with Crippen molar-refractivity contribution in [3.63, 3.8) is 0 Å². The van der Waals surface area contributed by atoms with Gasteiger partial charge < -0.3 is 20.7 Å². The van der Waals surface area contributed by atoms with Crippen LogP contribution < -0.4 is 20.7 Å². The van der Waals surface area contributed by atoms with Crippen LogP contribution in [0.3, 0.4) is 0 Å². The highest BCUT2D eigenvalue weighted by molar-refractivity contribution is 5.88. The molecule has 3 N–H and O–H groups in total. The first kappa shape index (κ1) is 21.3. The van der Waals surface area contributed by atoms with Gasteiger partial charge >= 0.3 is 0 Å². The van der Waals surface area contributed by atoms with E-state index in [1.165, 1.54) is 12.5 Å². The lowest BCUT2D eigenvalue weighted by Gasteiger charge is -2.18. The molecule has 1 atom stereocenters. The van der Waals surface area contributed by atoms with E-state index in [4.69, 9.17) is 4.74 Å². The fraction of sp³-hybridized carbons (Fsp3) is 0.364. The van der Waals surface area contributed by atoms with E-state index in [0.717, 1.165) is 29.5 Å². The van der Waals surface area contributed by atoms with E-state index in [-0.39, 0.29) is 12.0 Å². The minimum Gasteiger partial charge on any atom is -0.489 e. The van der Waals surface area contributed by atoms with Crippen LogP contribution in [0, 0.1) is 6.92 Å². The Morgan fingerprint density at radius 3 is 2.64 bits per heavy atom. The molecule has 0 saturated carbocycles. The van der Waals surface area contributed by atoms with Crippen LogP contribution in [0.5, 0.6) is 5.75 Å². The highest BCUT2D eigenvalue weighted by Gasteiger charge is 2.06. The third-order valence-corrected chi connectivity index (χ3v) is 3.90. The summed E-state index contributed by atoms with van der Waals surface area (Å²) in [5.41, 5.74) is 2.97. The first-order chi connectivity index (χ1) is 13.5. The number of aryl methyl sites for hydroxylation is 1. The molecule has 6 heteroatoms. The number of amides is 1. The third kappa shape index (κ3) is 7.70. The van der Waals surface area contributed by atoms with Gasteiger partial charge in [0, 0.05) is 19.2 Å². The van der Waals surface area contributed by atoms with Gasteiger partial charge in [-0.2, -0.15) is 0 Å². The van der Waals surface area contributed by atoms with Crippen LogP contribution in [0.4, 0.5) is 5.69 Å². The first-order valence-corrected chi connectivity index (χ1v) is 9.58. The Balaban J connectivity index is 1.92. The van der Waals surface area contributed by atoms with Crippen molar-refractivity contribution in [2.75, 3.05) is 18.4 Å². The van der Waals surface area contributed by atoms with E-state index < -0.39 is 0 Å². The second-order valence-corrected chi connectivity index (χ2v) is 6.70. The maximum absolute atomic E-state index is 11.2. The largest absolute Gasteiger partial charge is 0.489 e. The Hall–Kier alpha value is -3.02. The molecule has 2 aromatic rings. The van der Waals surface area contributed by atoms with Gasteiger partial charge in [0.2, 0.25) is 5.91 Å². The molecule has 0 heterocycles. The summed E-state index contributed by atoms with van der Waals surface area (Å²) >= 11 is 0. The lowest BCUT2D eigenvalue weighted by Crippen LogP contribution is -2.41. The van der Waals surface area contributed by atoms with E-state index >= 15 is 0 Å². The Labute approximate surface area is 167 Å². The molecule has 0 spiro atoms. The molecule has 0 radical (unpaired) electrons. The molecule has 150 valence electrons. The number of rotatable bonds is 8. The highest BCUT2D eigenvalue weighted by atomic mass is 16.5. The number of nitrogens with one attached hydrogen (secondary N) is 3. The number of carbonyl (C=O) groups is 1. The maximum Gasteiger partial charge on any atom is 0.221 e. The van der Waals surface area contributed by atoms with Crippen LogP contribution in [0.2, 0.25) is 0 Å². The predicted molar refractivity (Wildman–Crippen MR) is 115 cm³/mol. The van der Waals surface area contributed by atoms with Crippen LogP contribution in [-0.4, -0.2) is 31.1 Å². The Morgan fingerprint density at radius 2 is 1.93 bits per heavy atom. The summed E-state index contributed by atoms with van der Waals surface area (Å²) < 4.78 is 5.95. The van der Waals surface area contributed by atoms with Gasteiger partial charge in [0.05, 0.1) is 13.1 Å². The number of guanidine groups is 1. The lowest BCUT2D eigenvalue weighted by molar-refractivity contribution is -0.114. The number of anilines is 1. The molecule has 6 nitrogen and oxygen atoms in total. The smallest absolute Gasteiger partial charge is 0.221 e. The Morgan fingerprint density at radius 1 is 1.14 bits per heavy atom. The van der Waals surface area contributed by atoms with Crippen LogP contribution in [0.1, 0.15) is 31.9 Å². The predicted octanol–water partition coefficient (Wildman–Crippen LogP) is 3.48. The third-order valence-electron chi connectivity index (χ3n) is 3.90. The van der Waals surface area contributed by atoms with Gasteiger partial charge in [-0.25, -0.2) is 4.99 Å². The topological polar surface area (TPSA) is 74.8 Å². The summed E-state index contributed by atoms with van der Waals surface area (Å²) in [6, 6.07) is 15.7. The summed E-state index contributed by atoms with van der Waals surface area (Å²) in [4.78, 5) is 15.8.